The molecule has 0 bridgehead atoms. The molecular formula is C17H21Cl2N3O2S. The molecule has 1 aromatic carbocycles. The molecule has 1 aromatic heterocycles. The zero-order chi connectivity index (χ0) is 17.3. The number of amides is 1. The summed E-state index contributed by atoms with van der Waals surface area (Å²) in [5.74, 6) is -0.0515. The molecular weight excluding hydrogens is 381 g/mol. The summed E-state index contributed by atoms with van der Waals surface area (Å²) in [5.41, 5.74) is 1.80. The van der Waals surface area contributed by atoms with Gasteiger partial charge < -0.3 is 10.2 Å². The number of benzene rings is 1. The number of piperazine rings is 1. The Labute approximate surface area is 162 Å². The first-order chi connectivity index (χ1) is 11.5. The second-order valence-electron chi connectivity index (χ2n) is 5.92. The van der Waals surface area contributed by atoms with Gasteiger partial charge in [0.15, 0.2) is 0 Å². The molecule has 0 radical (unpaired) electrons. The van der Waals surface area contributed by atoms with E-state index in [9.17, 15) is 9.59 Å². The monoisotopic (exact) mass is 401 g/mol. The van der Waals surface area contributed by atoms with Crippen LogP contribution in [0.3, 0.4) is 0 Å². The van der Waals surface area contributed by atoms with Gasteiger partial charge in [-0.05, 0) is 25.5 Å². The number of rotatable bonds is 3. The second kappa shape index (κ2) is 8.36. The van der Waals surface area contributed by atoms with E-state index in [0.29, 0.717) is 18.1 Å². The molecule has 25 heavy (non-hydrogen) atoms. The molecule has 3 rings (SSSR count). The number of carbonyl (C=O) groups excluding carboxylic acids is 1. The van der Waals surface area contributed by atoms with Crippen LogP contribution >= 0.6 is 35.3 Å². The fraction of sp³-hybridized carbons (Fsp3) is 0.412. The van der Waals surface area contributed by atoms with Crippen LogP contribution in [0.15, 0.2) is 29.1 Å². The first-order valence-electron chi connectivity index (χ1n) is 7.90. The predicted octanol–water partition coefficient (Wildman–Crippen LogP) is 2.77. The molecule has 1 fully saturated rings. The molecule has 2 aromatic rings. The Morgan fingerprint density at radius 1 is 1.36 bits per heavy atom. The highest BCUT2D eigenvalue weighted by Gasteiger charge is 2.29. The lowest BCUT2D eigenvalue weighted by atomic mass is 10.0. The molecule has 0 aliphatic carbocycles. The summed E-state index contributed by atoms with van der Waals surface area (Å²) in [6.45, 7) is 5.86. The Bertz CT molecular complexity index is 818. The molecule has 1 aliphatic rings. The van der Waals surface area contributed by atoms with Crippen molar-refractivity contribution in [3.05, 3.63) is 55.1 Å². The molecule has 1 N–H and O–H groups in total. The third-order valence-corrected chi connectivity index (χ3v) is 5.84. The number of thiazole rings is 1. The van der Waals surface area contributed by atoms with Gasteiger partial charge >= 0.3 is 4.87 Å². The Morgan fingerprint density at radius 2 is 2.08 bits per heavy atom. The predicted molar refractivity (Wildman–Crippen MR) is 104 cm³/mol. The first kappa shape index (κ1) is 20.0. The van der Waals surface area contributed by atoms with Crippen LogP contribution in [-0.2, 0) is 11.3 Å². The Morgan fingerprint density at radius 3 is 2.72 bits per heavy atom. The molecule has 2 heterocycles. The van der Waals surface area contributed by atoms with Crippen LogP contribution in [-0.4, -0.2) is 35.0 Å². The number of nitrogens with zero attached hydrogens (tertiary/aromatic N) is 2. The highest BCUT2D eigenvalue weighted by atomic mass is 35.5. The van der Waals surface area contributed by atoms with Gasteiger partial charge in [0.05, 0.1) is 6.04 Å². The zero-order valence-electron chi connectivity index (χ0n) is 14.1. The van der Waals surface area contributed by atoms with E-state index in [1.165, 1.54) is 11.3 Å². The fourth-order valence-electron chi connectivity index (χ4n) is 3.02. The van der Waals surface area contributed by atoms with E-state index in [4.69, 9.17) is 11.6 Å². The lowest BCUT2D eigenvalue weighted by Gasteiger charge is -2.37. The van der Waals surface area contributed by atoms with E-state index in [-0.39, 0.29) is 35.8 Å². The van der Waals surface area contributed by atoms with Crippen molar-refractivity contribution < 1.29 is 4.79 Å². The summed E-state index contributed by atoms with van der Waals surface area (Å²) in [5, 5.41) is 3.97. The van der Waals surface area contributed by atoms with Gasteiger partial charge in [-0.2, -0.15) is 0 Å². The van der Waals surface area contributed by atoms with E-state index >= 15 is 0 Å². The number of aryl methyl sites for hydroxylation is 1. The van der Waals surface area contributed by atoms with E-state index < -0.39 is 0 Å². The molecule has 8 heteroatoms. The van der Waals surface area contributed by atoms with Crippen LogP contribution in [0.25, 0.3) is 0 Å². The van der Waals surface area contributed by atoms with E-state index in [1.54, 1.807) is 4.57 Å². The van der Waals surface area contributed by atoms with E-state index in [0.717, 1.165) is 22.7 Å². The average Bonchev–Trinajstić information content (AvgIpc) is 2.81. The fourth-order valence-corrected chi connectivity index (χ4v) is 4.12. The highest BCUT2D eigenvalue weighted by Crippen LogP contribution is 2.28. The number of hydrogen-bond acceptors (Lipinski definition) is 4. The topological polar surface area (TPSA) is 54.3 Å². The first-order valence-corrected chi connectivity index (χ1v) is 9.10. The van der Waals surface area contributed by atoms with Gasteiger partial charge in [0.2, 0.25) is 5.91 Å². The van der Waals surface area contributed by atoms with Gasteiger partial charge in [-0.3, -0.25) is 14.2 Å². The van der Waals surface area contributed by atoms with Gasteiger partial charge in [0.1, 0.15) is 6.54 Å². The van der Waals surface area contributed by atoms with Crippen molar-refractivity contribution in [3.63, 3.8) is 0 Å². The minimum atomic E-state index is -0.115. The van der Waals surface area contributed by atoms with Crippen molar-refractivity contribution >= 4 is 41.3 Å². The molecule has 1 amide bonds. The molecule has 136 valence electrons. The van der Waals surface area contributed by atoms with Crippen LogP contribution in [0, 0.1) is 13.8 Å². The van der Waals surface area contributed by atoms with Crippen LogP contribution in [0.4, 0.5) is 0 Å². The van der Waals surface area contributed by atoms with Crippen molar-refractivity contribution in [3.8, 4) is 0 Å². The normalized spacial score (nSPS) is 17.2. The summed E-state index contributed by atoms with van der Waals surface area (Å²) in [6, 6.07) is 7.48. The maximum absolute atomic E-state index is 12.9. The summed E-state index contributed by atoms with van der Waals surface area (Å²) in [4.78, 5) is 27.6. The zero-order valence-corrected chi connectivity index (χ0v) is 16.5. The maximum atomic E-state index is 12.9. The van der Waals surface area contributed by atoms with Crippen molar-refractivity contribution in [1.29, 1.82) is 0 Å². The number of hydrogen-bond donors (Lipinski definition) is 1. The summed E-state index contributed by atoms with van der Waals surface area (Å²) >= 11 is 7.51. The second-order valence-corrected chi connectivity index (χ2v) is 7.50. The lowest BCUT2D eigenvalue weighted by molar-refractivity contribution is -0.135. The number of halogens is 2. The summed E-state index contributed by atoms with van der Waals surface area (Å²) in [6.07, 6.45) is 0. The summed E-state index contributed by atoms with van der Waals surface area (Å²) < 4.78 is 1.56. The van der Waals surface area contributed by atoms with Crippen molar-refractivity contribution in [2.24, 2.45) is 0 Å². The van der Waals surface area contributed by atoms with Gasteiger partial charge in [-0.25, -0.2) is 0 Å². The highest BCUT2D eigenvalue weighted by molar-refractivity contribution is 7.09. The third-order valence-electron chi connectivity index (χ3n) is 4.50. The molecule has 1 saturated heterocycles. The smallest absolute Gasteiger partial charge is 0.308 e. The maximum Gasteiger partial charge on any atom is 0.308 e. The Balaban J connectivity index is 0.00000225. The molecule has 0 saturated carbocycles. The molecule has 1 unspecified atom stereocenters. The van der Waals surface area contributed by atoms with Crippen LogP contribution in [0.1, 0.15) is 22.2 Å². The third kappa shape index (κ3) is 4.08. The molecule has 5 nitrogen and oxygen atoms in total. The van der Waals surface area contributed by atoms with Crippen molar-refractivity contribution in [2.45, 2.75) is 26.4 Å². The number of nitrogens with one attached hydrogen (secondary N) is 1. The Hall–Kier alpha value is -1.34. The number of aromatic nitrogens is 1. The molecule has 0 spiro atoms. The minimum Gasteiger partial charge on any atom is -0.331 e. The van der Waals surface area contributed by atoms with Crippen LogP contribution in [0.2, 0.25) is 5.02 Å². The SMILES string of the molecule is Cc1sc(=O)n(CC(=O)N2CCNCC2c2ccccc2Cl)c1C.Cl. The van der Waals surface area contributed by atoms with Crippen LogP contribution in [0.5, 0.6) is 0 Å². The average molecular weight is 402 g/mol. The van der Waals surface area contributed by atoms with Gasteiger partial charge in [0.25, 0.3) is 0 Å². The lowest BCUT2D eigenvalue weighted by Crippen LogP contribution is -2.50. The largest absolute Gasteiger partial charge is 0.331 e. The van der Waals surface area contributed by atoms with Gasteiger partial charge in [0, 0.05) is 35.2 Å². The summed E-state index contributed by atoms with van der Waals surface area (Å²) in [7, 11) is 0. The quantitative estimate of drug-likeness (QED) is 0.859. The van der Waals surface area contributed by atoms with Crippen LogP contribution < -0.4 is 10.2 Å². The van der Waals surface area contributed by atoms with E-state index in [2.05, 4.69) is 5.32 Å². The van der Waals surface area contributed by atoms with Gasteiger partial charge in [-0.1, -0.05) is 41.1 Å². The standard InChI is InChI=1S/C17H20ClN3O2S.ClH/c1-11-12(2)24-17(23)21(11)10-16(22)20-8-7-19-9-15(20)13-5-3-4-6-14(13)18;/h3-6,15,19H,7-10H2,1-2H3;1H. The number of carbonyl (C=O) groups is 1. The Kier molecular flexibility index (Phi) is 6.68. The van der Waals surface area contributed by atoms with Crippen molar-refractivity contribution in [2.75, 3.05) is 19.6 Å². The van der Waals surface area contributed by atoms with Crippen molar-refractivity contribution in [1.82, 2.24) is 14.8 Å². The minimum absolute atomic E-state index is 0. The van der Waals surface area contributed by atoms with E-state index in [1.807, 2.05) is 43.0 Å². The van der Waals surface area contributed by atoms with Gasteiger partial charge in [-0.15, -0.1) is 12.4 Å². The molecule has 1 atom stereocenters. The molecule has 1 aliphatic heterocycles.